The Morgan fingerprint density at radius 1 is 1.44 bits per heavy atom. The van der Waals surface area contributed by atoms with Gasteiger partial charge in [0.05, 0.1) is 7.11 Å². The molecule has 6 heteroatoms. The van der Waals surface area contributed by atoms with E-state index in [0.29, 0.717) is 16.9 Å². The Labute approximate surface area is 102 Å². The molecule has 0 unspecified atom stereocenters. The Kier molecular flexibility index (Phi) is 3.01. The van der Waals surface area contributed by atoms with Gasteiger partial charge >= 0.3 is 5.97 Å². The van der Waals surface area contributed by atoms with Crippen LogP contribution >= 0.6 is 0 Å². The van der Waals surface area contributed by atoms with E-state index in [-0.39, 0.29) is 5.69 Å². The third-order valence-corrected chi connectivity index (χ3v) is 2.48. The zero-order valence-corrected chi connectivity index (χ0v) is 9.85. The van der Waals surface area contributed by atoms with Crippen molar-refractivity contribution in [2.24, 2.45) is 7.05 Å². The van der Waals surface area contributed by atoms with Crippen molar-refractivity contribution >= 4 is 5.97 Å². The van der Waals surface area contributed by atoms with Crippen molar-refractivity contribution in [3.8, 4) is 16.9 Å². The summed E-state index contributed by atoms with van der Waals surface area (Å²) in [6, 6.07) is 3.92. The molecule has 0 fully saturated rings. The summed E-state index contributed by atoms with van der Waals surface area (Å²) in [6.45, 7) is 0. The van der Waals surface area contributed by atoms with Crippen molar-refractivity contribution in [1.82, 2.24) is 9.78 Å². The van der Waals surface area contributed by atoms with Crippen molar-refractivity contribution in [3.05, 3.63) is 35.9 Å². The molecule has 0 bridgehead atoms. The van der Waals surface area contributed by atoms with Gasteiger partial charge in [0.25, 0.3) is 0 Å². The second-order valence-corrected chi connectivity index (χ2v) is 3.71. The molecule has 0 saturated carbocycles. The highest BCUT2D eigenvalue weighted by atomic mass is 19.1. The number of aromatic nitrogens is 2. The predicted molar refractivity (Wildman–Crippen MR) is 62.1 cm³/mol. The van der Waals surface area contributed by atoms with E-state index in [9.17, 15) is 9.18 Å². The lowest BCUT2D eigenvalue weighted by atomic mass is 10.1. The normalized spacial score (nSPS) is 10.4. The smallest absolute Gasteiger partial charge is 0.357 e. The Balaban J connectivity index is 2.68. The van der Waals surface area contributed by atoms with Gasteiger partial charge in [-0.1, -0.05) is 0 Å². The first-order valence-electron chi connectivity index (χ1n) is 5.13. The van der Waals surface area contributed by atoms with Crippen LogP contribution in [0, 0.1) is 5.82 Å². The van der Waals surface area contributed by atoms with E-state index in [0.717, 1.165) is 0 Å². The first-order valence-corrected chi connectivity index (χ1v) is 5.13. The molecule has 2 aromatic rings. The number of rotatable bonds is 3. The number of ether oxygens (including phenoxy) is 1. The molecule has 0 saturated heterocycles. The first-order chi connectivity index (χ1) is 8.52. The van der Waals surface area contributed by atoms with Crippen LogP contribution in [0.2, 0.25) is 0 Å². The highest BCUT2D eigenvalue weighted by molar-refractivity contribution is 5.94. The summed E-state index contributed by atoms with van der Waals surface area (Å²) < 4.78 is 19.7. The Morgan fingerprint density at radius 2 is 2.17 bits per heavy atom. The monoisotopic (exact) mass is 250 g/mol. The third kappa shape index (κ3) is 2.04. The average molecular weight is 250 g/mol. The quantitative estimate of drug-likeness (QED) is 0.904. The van der Waals surface area contributed by atoms with E-state index in [4.69, 9.17) is 9.84 Å². The number of hydrogen-bond acceptors (Lipinski definition) is 3. The summed E-state index contributed by atoms with van der Waals surface area (Å²) in [4.78, 5) is 11.1. The molecule has 1 heterocycles. The maximum absolute atomic E-state index is 13.3. The number of aryl methyl sites for hydroxylation is 1. The molecule has 2 rings (SSSR count). The van der Waals surface area contributed by atoms with Crippen molar-refractivity contribution in [3.63, 3.8) is 0 Å². The molecule has 1 N–H and O–H groups in total. The van der Waals surface area contributed by atoms with Gasteiger partial charge in [-0.25, -0.2) is 9.18 Å². The fourth-order valence-electron chi connectivity index (χ4n) is 1.73. The molecule has 0 spiro atoms. The van der Waals surface area contributed by atoms with Crippen molar-refractivity contribution < 1.29 is 19.0 Å². The lowest BCUT2D eigenvalue weighted by Gasteiger charge is -2.07. The van der Waals surface area contributed by atoms with Crippen LogP contribution in [0.15, 0.2) is 24.4 Å². The Bertz CT molecular complexity index is 607. The number of methoxy groups -OCH3 is 1. The number of carboxylic acids is 1. The highest BCUT2D eigenvalue weighted by Gasteiger charge is 2.19. The molecule has 5 nitrogen and oxygen atoms in total. The molecule has 0 atom stereocenters. The fraction of sp³-hybridized carbons (Fsp3) is 0.167. The highest BCUT2D eigenvalue weighted by Crippen LogP contribution is 2.32. The number of hydrogen-bond donors (Lipinski definition) is 1. The van der Waals surface area contributed by atoms with Crippen LogP contribution in [0.4, 0.5) is 4.39 Å². The summed E-state index contributed by atoms with van der Waals surface area (Å²) in [5.74, 6) is -1.24. The van der Waals surface area contributed by atoms with Crippen LogP contribution < -0.4 is 4.74 Å². The summed E-state index contributed by atoms with van der Waals surface area (Å²) in [7, 11) is 3.04. The van der Waals surface area contributed by atoms with E-state index in [2.05, 4.69) is 5.10 Å². The lowest BCUT2D eigenvalue weighted by molar-refractivity contribution is 0.0690. The zero-order valence-electron chi connectivity index (χ0n) is 9.85. The molecule has 18 heavy (non-hydrogen) atoms. The molecule has 1 aromatic carbocycles. The second kappa shape index (κ2) is 4.48. The van der Waals surface area contributed by atoms with Crippen molar-refractivity contribution in [2.75, 3.05) is 7.11 Å². The largest absolute Gasteiger partial charge is 0.496 e. The van der Waals surface area contributed by atoms with Crippen LogP contribution in [0.1, 0.15) is 10.5 Å². The number of halogens is 1. The summed E-state index contributed by atoms with van der Waals surface area (Å²) >= 11 is 0. The molecule has 94 valence electrons. The van der Waals surface area contributed by atoms with Gasteiger partial charge in [-0.15, -0.1) is 0 Å². The topological polar surface area (TPSA) is 64.4 Å². The van der Waals surface area contributed by atoms with Gasteiger partial charge in [0.2, 0.25) is 0 Å². The number of aromatic carboxylic acids is 1. The van der Waals surface area contributed by atoms with E-state index in [1.807, 2.05) is 0 Å². The minimum Gasteiger partial charge on any atom is -0.496 e. The van der Waals surface area contributed by atoms with Crippen LogP contribution in [0.3, 0.4) is 0 Å². The third-order valence-electron chi connectivity index (χ3n) is 2.48. The fourth-order valence-corrected chi connectivity index (χ4v) is 1.73. The molecular formula is C12H11FN2O3. The predicted octanol–water partition coefficient (Wildman–Crippen LogP) is 1.93. The number of nitrogens with zero attached hydrogens (tertiary/aromatic N) is 2. The molecule has 0 radical (unpaired) electrons. The minimum absolute atomic E-state index is 0.138. The van der Waals surface area contributed by atoms with Crippen LogP contribution in [0.5, 0.6) is 5.75 Å². The Hall–Kier alpha value is -2.37. The SMILES string of the molecule is COc1ccc(F)cc1-c1cn(C)nc1C(=O)O. The van der Waals surface area contributed by atoms with Crippen LogP contribution in [-0.2, 0) is 7.05 Å². The lowest BCUT2D eigenvalue weighted by Crippen LogP contribution is -2.01. The van der Waals surface area contributed by atoms with Gasteiger partial charge in [0.15, 0.2) is 5.69 Å². The van der Waals surface area contributed by atoms with Gasteiger partial charge in [-0.3, -0.25) is 4.68 Å². The maximum Gasteiger partial charge on any atom is 0.357 e. The minimum atomic E-state index is -1.17. The number of carboxylic acid groups (broad SMARTS) is 1. The van der Waals surface area contributed by atoms with Gasteiger partial charge < -0.3 is 9.84 Å². The standard InChI is InChI=1S/C12H11FN2O3/c1-15-6-9(11(14-15)12(16)17)8-5-7(13)3-4-10(8)18-2/h3-6H,1-2H3,(H,16,17). The van der Waals surface area contributed by atoms with Crippen LogP contribution in [-0.4, -0.2) is 28.0 Å². The average Bonchev–Trinajstić information content (AvgIpc) is 2.71. The van der Waals surface area contributed by atoms with E-state index in [1.54, 1.807) is 7.05 Å². The molecule has 0 aliphatic rings. The summed E-state index contributed by atoms with van der Waals surface area (Å²) in [6.07, 6.45) is 1.51. The Morgan fingerprint density at radius 3 is 2.78 bits per heavy atom. The van der Waals surface area contributed by atoms with E-state index in [1.165, 1.54) is 36.2 Å². The van der Waals surface area contributed by atoms with Crippen molar-refractivity contribution in [2.45, 2.75) is 0 Å². The summed E-state index contributed by atoms with van der Waals surface area (Å²) in [5.41, 5.74) is 0.547. The number of carbonyl (C=O) groups is 1. The zero-order chi connectivity index (χ0) is 13.3. The molecule has 0 aliphatic heterocycles. The molecular weight excluding hydrogens is 239 g/mol. The van der Waals surface area contributed by atoms with E-state index >= 15 is 0 Å². The van der Waals surface area contributed by atoms with Gasteiger partial charge in [0, 0.05) is 24.4 Å². The maximum atomic E-state index is 13.3. The van der Waals surface area contributed by atoms with Gasteiger partial charge in [-0.2, -0.15) is 5.10 Å². The van der Waals surface area contributed by atoms with E-state index < -0.39 is 11.8 Å². The van der Waals surface area contributed by atoms with Gasteiger partial charge in [0.1, 0.15) is 11.6 Å². The number of benzene rings is 1. The molecule has 1 aromatic heterocycles. The first kappa shape index (κ1) is 12.1. The summed E-state index contributed by atoms with van der Waals surface area (Å²) in [5, 5.41) is 12.9. The molecule has 0 aliphatic carbocycles. The molecule has 0 amide bonds. The van der Waals surface area contributed by atoms with Crippen molar-refractivity contribution in [1.29, 1.82) is 0 Å². The van der Waals surface area contributed by atoms with Gasteiger partial charge in [-0.05, 0) is 18.2 Å². The van der Waals surface area contributed by atoms with Crippen LogP contribution in [0.25, 0.3) is 11.1 Å². The second-order valence-electron chi connectivity index (χ2n) is 3.71.